The maximum Gasteiger partial charge on any atom is 0.137 e. The molecule has 1 saturated heterocycles. The summed E-state index contributed by atoms with van der Waals surface area (Å²) in [7, 11) is 1.66. The van der Waals surface area contributed by atoms with Crippen molar-refractivity contribution >= 4 is 10.9 Å². The first-order valence-electron chi connectivity index (χ1n) is 9.31. The molecule has 0 radical (unpaired) electrons. The summed E-state index contributed by atoms with van der Waals surface area (Å²) in [5, 5.41) is 4.96. The van der Waals surface area contributed by atoms with Gasteiger partial charge in [0.05, 0.1) is 19.2 Å². The van der Waals surface area contributed by atoms with Gasteiger partial charge in [-0.25, -0.2) is 0 Å². The number of methoxy groups -OCH3 is 1. The Hall–Kier alpha value is -2.81. The number of H-pyrrole nitrogens is 1. The number of nitrogens with zero attached hydrogens (tertiary/aromatic N) is 2. The molecule has 1 atom stereocenters. The molecule has 0 saturated carbocycles. The van der Waals surface area contributed by atoms with E-state index in [0.29, 0.717) is 6.04 Å². The van der Waals surface area contributed by atoms with Crippen LogP contribution in [0.3, 0.4) is 0 Å². The zero-order valence-electron chi connectivity index (χ0n) is 15.5. The number of hydrogen-bond acceptors (Lipinski definition) is 4. The molecule has 1 aliphatic heterocycles. The van der Waals surface area contributed by atoms with Crippen molar-refractivity contribution in [3.63, 3.8) is 0 Å². The largest absolute Gasteiger partial charge is 0.495 e. The number of hydrogen-bond donors (Lipinski definition) is 2. The van der Waals surface area contributed by atoms with E-state index in [0.717, 1.165) is 43.9 Å². The van der Waals surface area contributed by atoms with E-state index in [1.807, 2.05) is 6.07 Å². The molecule has 0 amide bonds. The summed E-state index contributed by atoms with van der Waals surface area (Å²) in [6, 6.07) is 10.8. The molecular formula is C22H24N4O. The van der Waals surface area contributed by atoms with E-state index in [-0.39, 0.29) is 0 Å². The highest BCUT2D eigenvalue weighted by molar-refractivity contribution is 5.83. The number of benzene rings is 1. The molecule has 27 heavy (non-hydrogen) atoms. The number of ether oxygens (including phenoxy) is 1. The summed E-state index contributed by atoms with van der Waals surface area (Å²) in [6.45, 7) is 3.76. The van der Waals surface area contributed by atoms with Gasteiger partial charge in [0, 0.05) is 55.2 Å². The topological polar surface area (TPSA) is 53.2 Å². The lowest BCUT2D eigenvalue weighted by Crippen LogP contribution is -2.51. The molecule has 0 spiro atoms. The van der Waals surface area contributed by atoms with Crippen molar-refractivity contribution in [2.24, 2.45) is 0 Å². The van der Waals surface area contributed by atoms with Crippen molar-refractivity contribution in [2.75, 3.05) is 33.3 Å². The van der Waals surface area contributed by atoms with Gasteiger partial charge in [0.15, 0.2) is 0 Å². The molecule has 4 rings (SSSR count). The first-order chi connectivity index (χ1) is 13.3. The van der Waals surface area contributed by atoms with E-state index in [1.165, 1.54) is 16.5 Å². The van der Waals surface area contributed by atoms with Crippen molar-refractivity contribution < 1.29 is 4.74 Å². The Morgan fingerprint density at radius 1 is 1.30 bits per heavy atom. The molecule has 0 bridgehead atoms. The average molecular weight is 360 g/mol. The zero-order valence-corrected chi connectivity index (χ0v) is 15.5. The van der Waals surface area contributed by atoms with Crippen molar-refractivity contribution in [3.05, 3.63) is 60.0 Å². The van der Waals surface area contributed by atoms with Crippen LogP contribution in [0, 0.1) is 11.8 Å². The first-order valence-corrected chi connectivity index (χ1v) is 9.31. The average Bonchev–Trinajstić information content (AvgIpc) is 3.12. The zero-order chi connectivity index (χ0) is 18.5. The quantitative estimate of drug-likeness (QED) is 0.702. The van der Waals surface area contributed by atoms with E-state index in [9.17, 15) is 0 Å². The third-order valence-corrected chi connectivity index (χ3v) is 5.01. The number of piperazine rings is 1. The minimum Gasteiger partial charge on any atom is -0.495 e. The van der Waals surface area contributed by atoms with Crippen LogP contribution in [-0.4, -0.2) is 54.2 Å². The van der Waals surface area contributed by atoms with Crippen LogP contribution in [0.25, 0.3) is 10.9 Å². The number of rotatable bonds is 4. The van der Waals surface area contributed by atoms with Gasteiger partial charge in [0.1, 0.15) is 5.75 Å². The number of nitrogens with one attached hydrogen (secondary N) is 2. The molecule has 0 aliphatic carbocycles. The highest BCUT2D eigenvalue weighted by atomic mass is 16.5. The number of aromatic amines is 1. The maximum absolute atomic E-state index is 5.33. The van der Waals surface area contributed by atoms with Gasteiger partial charge in [-0.15, -0.1) is 0 Å². The molecule has 3 aromatic rings. The first kappa shape index (κ1) is 17.6. The Balaban J connectivity index is 1.38. The van der Waals surface area contributed by atoms with Crippen LogP contribution in [0.15, 0.2) is 48.9 Å². The fourth-order valence-corrected chi connectivity index (χ4v) is 3.64. The Morgan fingerprint density at radius 2 is 2.22 bits per heavy atom. The van der Waals surface area contributed by atoms with Gasteiger partial charge in [-0.1, -0.05) is 30.0 Å². The lowest BCUT2D eigenvalue weighted by molar-refractivity contribution is 0.220. The van der Waals surface area contributed by atoms with Gasteiger partial charge >= 0.3 is 0 Å². The van der Waals surface area contributed by atoms with Crippen molar-refractivity contribution in [3.8, 4) is 17.6 Å². The summed E-state index contributed by atoms with van der Waals surface area (Å²) in [5.41, 5.74) is 3.41. The summed E-state index contributed by atoms with van der Waals surface area (Å²) >= 11 is 0. The summed E-state index contributed by atoms with van der Waals surface area (Å²) < 4.78 is 5.33. The monoisotopic (exact) mass is 360 g/mol. The molecule has 5 heteroatoms. The Bertz CT molecular complexity index is 969. The Kier molecular flexibility index (Phi) is 5.38. The fraction of sp³-hybridized carbons (Fsp3) is 0.318. The lowest BCUT2D eigenvalue weighted by Gasteiger charge is -2.32. The predicted molar refractivity (Wildman–Crippen MR) is 108 cm³/mol. The summed E-state index contributed by atoms with van der Waals surface area (Å²) in [4.78, 5) is 9.91. The lowest BCUT2D eigenvalue weighted by atomic mass is 10.0. The van der Waals surface area contributed by atoms with E-state index >= 15 is 0 Å². The second kappa shape index (κ2) is 8.26. The van der Waals surface area contributed by atoms with Crippen molar-refractivity contribution in [1.29, 1.82) is 0 Å². The van der Waals surface area contributed by atoms with Gasteiger partial charge < -0.3 is 15.0 Å². The number of para-hydroxylation sites is 1. The second-order valence-electron chi connectivity index (χ2n) is 6.83. The molecular weight excluding hydrogens is 336 g/mol. The van der Waals surface area contributed by atoms with Gasteiger partial charge in [0.25, 0.3) is 0 Å². The highest BCUT2D eigenvalue weighted by Gasteiger charge is 2.19. The van der Waals surface area contributed by atoms with Crippen LogP contribution >= 0.6 is 0 Å². The SMILES string of the molecule is COc1ccncc1C#CCN1CCNC(Cc2c[nH]c3ccccc23)C1. The van der Waals surface area contributed by atoms with Gasteiger partial charge in [-0.05, 0) is 24.1 Å². The maximum atomic E-state index is 5.33. The van der Waals surface area contributed by atoms with E-state index in [4.69, 9.17) is 4.74 Å². The molecule has 1 fully saturated rings. The van der Waals surface area contributed by atoms with Crippen molar-refractivity contribution in [2.45, 2.75) is 12.5 Å². The molecule has 138 valence electrons. The molecule has 1 aromatic carbocycles. The Labute approximate surface area is 159 Å². The smallest absolute Gasteiger partial charge is 0.137 e. The second-order valence-corrected chi connectivity index (χ2v) is 6.83. The predicted octanol–water partition coefficient (Wildman–Crippen LogP) is 2.44. The van der Waals surface area contributed by atoms with E-state index in [2.05, 4.69) is 62.5 Å². The van der Waals surface area contributed by atoms with Crippen LogP contribution in [0.2, 0.25) is 0 Å². The standard InChI is InChI=1S/C22H24N4O/c1-27-22-8-9-23-14-17(22)5-4-11-26-12-10-24-19(16-26)13-18-15-25-21-7-3-2-6-20(18)21/h2-3,6-9,14-15,19,24-25H,10-13,16H2,1H3. The van der Waals surface area contributed by atoms with E-state index < -0.39 is 0 Å². The van der Waals surface area contributed by atoms with Crippen LogP contribution in [0.5, 0.6) is 5.75 Å². The molecule has 5 nitrogen and oxygen atoms in total. The van der Waals surface area contributed by atoms with Gasteiger partial charge in [-0.3, -0.25) is 9.88 Å². The number of aromatic nitrogens is 2. The third kappa shape index (κ3) is 4.13. The minimum absolute atomic E-state index is 0.438. The molecule has 2 N–H and O–H groups in total. The fourth-order valence-electron chi connectivity index (χ4n) is 3.64. The number of fused-ring (bicyclic) bond motifs is 1. The van der Waals surface area contributed by atoms with Crippen molar-refractivity contribution in [1.82, 2.24) is 20.2 Å². The van der Waals surface area contributed by atoms with Crippen LogP contribution < -0.4 is 10.1 Å². The highest BCUT2D eigenvalue weighted by Crippen LogP contribution is 2.20. The molecule has 3 heterocycles. The molecule has 1 aliphatic rings. The third-order valence-electron chi connectivity index (χ3n) is 5.01. The molecule has 1 unspecified atom stereocenters. The number of pyridine rings is 1. The Morgan fingerprint density at radius 3 is 3.15 bits per heavy atom. The van der Waals surface area contributed by atoms with Crippen LogP contribution in [0.1, 0.15) is 11.1 Å². The molecule has 2 aromatic heterocycles. The summed E-state index contributed by atoms with van der Waals surface area (Å²) in [6.07, 6.45) is 6.63. The minimum atomic E-state index is 0.438. The van der Waals surface area contributed by atoms with Gasteiger partial charge in [-0.2, -0.15) is 0 Å². The normalized spacial score (nSPS) is 17.4. The van der Waals surface area contributed by atoms with Crippen LogP contribution in [-0.2, 0) is 6.42 Å². The van der Waals surface area contributed by atoms with Crippen LogP contribution in [0.4, 0.5) is 0 Å². The summed E-state index contributed by atoms with van der Waals surface area (Å²) in [5.74, 6) is 7.24. The van der Waals surface area contributed by atoms with Gasteiger partial charge in [0.2, 0.25) is 0 Å². The van der Waals surface area contributed by atoms with E-state index in [1.54, 1.807) is 19.5 Å².